The first-order chi connectivity index (χ1) is 4.85. The number of aliphatic hydroxyl groups excluding tert-OH is 1. The Morgan fingerprint density at radius 3 is 2.60 bits per heavy atom. The van der Waals surface area contributed by atoms with Crippen molar-refractivity contribution in [1.29, 1.82) is 0 Å². The molecule has 1 heterocycles. The van der Waals surface area contributed by atoms with Crippen molar-refractivity contribution >= 4 is 6.29 Å². The van der Waals surface area contributed by atoms with Gasteiger partial charge in [-0.2, -0.15) is 0 Å². The predicted octanol–water partition coefficient (Wildman–Crippen LogP) is 1.09. The van der Waals surface area contributed by atoms with E-state index in [9.17, 15) is 4.79 Å². The van der Waals surface area contributed by atoms with Crippen molar-refractivity contribution in [3.63, 3.8) is 0 Å². The Hall–Kier alpha value is -1.09. The number of hydrogen-bond acceptors (Lipinski definition) is 3. The summed E-state index contributed by atoms with van der Waals surface area (Å²) in [6.07, 6.45) is 2.13. The molecule has 0 radical (unpaired) electrons. The van der Waals surface area contributed by atoms with Crippen molar-refractivity contribution in [1.82, 2.24) is 0 Å². The Kier molecular flexibility index (Phi) is 5.38. The molecule has 1 rings (SSSR count). The number of hydrogen-bond donors (Lipinski definition) is 1. The normalized spacial score (nSPS) is 7.80. The molecule has 3 nitrogen and oxygen atoms in total. The van der Waals surface area contributed by atoms with Gasteiger partial charge >= 0.3 is 0 Å². The van der Waals surface area contributed by atoms with Gasteiger partial charge in [-0.3, -0.25) is 4.79 Å². The summed E-state index contributed by atoms with van der Waals surface area (Å²) in [5, 5.41) is 7.57. The topological polar surface area (TPSA) is 50.4 Å². The summed E-state index contributed by atoms with van der Waals surface area (Å²) >= 11 is 0. The monoisotopic (exact) mass is 142 g/mol. The summed E-state index contributed by atoms with van der Waals surface area (Å²) < 4.78 is 4.61. The average molecular weight is 142 g/mol. The zero-order valence-electron chi connectivity index (χ0n) is 5.78. The minimum absolute atomic E-state index is 0.250. The first-order valence-electron chi connectivity index (χ1n) is 2.94. The van der Waals surface area contributed by atoms with Gasteiger partial charge in [-0.1, -0.05) is 0 Å². The van der Waals surface area contributed by atoms with Crippen LogP contribution in [0, 0.1) is 0 Å². The van der Waals surface area contributed by atoms with Crippen LogP contribution in [-0.4, -0.2) is 18.0 Å². The van der Waals surface area contributed by atoms with Crippen LogP contribution in [0.5, 0.6) is 0 Å². The first-order valence-corrected chi connectivity index (χ1v) is 2.94. The lowest BCUT2D eigenvalue weighted by Crippen LogP contribution is -1.65. The molecule has 0 aliphatic heterocycles. The molecule has 0 saturated carbocycles. The van der Waals surface area contributed by atoms with Crippen LogP contribution < -0.4 is 0 Å². The van der Waals surface area contributed by atoms with Crippen LogP contribution in [-0.2, 0) is 0 Å². The average Bonchev–Trinajstić information content (AvgIpc) is 2.39. The fraction of sp³-hybridized carbons (Fsp3) is 0.286. The molecule has 0 atom stereocenters. The van der Waals surface area contributed by atoms with Crippen LogP contribution in [0.25, 0.3) is 0 Å². The molecule has 0 amide bonds. The number of carbonyl (C=O) groups is 1. The zero-order valence-corrected chi connectivity index (χ0v) is 5.78. The van der Waals surface area contributed by atoms with E-state index in [2.05, 4.69) is 4.42 Å². The molecule has 0 bridgehead atoms. The number of carbonyl (C=O) groups excluding carboxylic acids is 1. The number of aliphatic hydroxyl groups is 1. The van der Waals surface area contributed by atoms with E-state index in [1.165, 1.54) is 6.26 Å². The molecule has 1 N–H and O–H groups in total. The molecule has 1 aromatic rings. The van der Waals surface area contributed by atoms with Gasteiger partial charge in [0, 0.05) is 6.61 Å². The second-order valence-electron chi connectivity index (χ2n) is 1.45. The highest BCUT2D eigenvalue weighted by Gasteiger charge is 1.84. The van der Waals surface area contributed by atoms with Gasteiger partial charge < -0.3 is 9.52 Å². The van der Waals surface area contributed by atoms with Crippen molar-refractivity contribution in [3.8, 4) is 0 Å². The van der Waals surface area contributed by atoms with Crippen molar-refractivity contribution in [2.45, 2.75) is 6.92 Å². The molecule has 0 spiro atoms. The van der Waals surface area contributed by atoms with Gasteiger partial charge in [-0.05, 0) is 19.1 Å². The van der Waals surface area contributed by atoms with Gasteiger partial charge in [0.2, 0.25) is 0 Å². The highest BCUT2D eigenvalue weighted by Crippen LogP contribution is 1.92. The second-order valence-corrected chi connectivity index (χ2v) is 1.45. The Balaban J connectivity index is 0.000000236. The Morgan fingerprint density at radius 1 is 1.80 bits per heavy atom. The molecular weight excluding hydrogens is 132 g/mol. The molecule has 0 aliphatic carbocycles. The van der Waals surface area contributed by atoms with E-state index in [-0.39, 0.29) is 6.61 Å². The minimum Gasteiger partial charge on any atom is -0.462 e. The van der Waals surface area contributed by atoms with Gasteiger partial charge in [0.1, 0.15) is 0 Å². The molecule has 0 saturated heterocycles. The van der Waals surface area contributed by atoms with E-state index >= 15 is 0 Å². The smallest absolute Gasteiger partial charge is 0.185 e. The quantitative estimate of drug-likeness (QED) is 0.597. The van der Waals surface area contributed by atoms with E-state index in [0.717, 1.165) is 0 Å². The van der Waals surface area contributed by atoms with Crippen LogP contribution in [0.1, 0.15) is 17.5 Å². The maximum absolute atomic E-state index is 9.77. The predicted molar refractivity (Wildman–Crippen MR) is 36.9 cm³/mol. The lowest BCUT2D eigenvalue weighted by molar-refractivity contribution is 0.110. The Labute approximate surface area is 59.3 Å². The molecule has 1 aromatic heterocycles. The maximum atomic E-state index is 9.77. The maximum Gasteiger partial charge on any atom is 0.185 e. The van der Waals surface area contributed by atoms with Crippen molar-refractivity contribution in [2.24, 2.45) is 0 Å². The summed E-state index contributed by atoms with van der Waals surface area (Å²) in [5.41, 5.74) is 0. The summed E-state index contributed by atoms with van der Waals surface area (Å²) in [6.45, 7) is 1.93. The van der Waals surface area contributed by atoms with Crippen LogP contribution >= 0.6 is 0 Å². The molecule has 0 fully saturated rings. The zero-order chi connectivity index (χ0) is 7.82. The van der Waals surface area contributed by atoms with Crippen LogP contribution in [0.4, 0.5) is 0 Å². The molecule has 10 heavy (non-hydrogen) atoms. The lowest BCUT2D eigenvalue weighted by atomic mass is 10.5. The summed E-state index contributed by atoms with van der Waals surface area (Å²) in [6, 6.07) is 3.27. The SMILES string of the molecule is CCO.O=Cc1ccco1. The standard InChI is InChI=1S/C5H4O2.C2H6O/c6-4-5-2-1-3-7-5;1-2-3/h1-4H;3H,2H2,1H3. The number of rotatable bonds is 1. The largest absolute Gasteiger partial charge is 0.462 e. The van der Waals surface area contributed by atoms with E-state index in [1.807, 2.05) is 0 Å². The van der Waals surface area contributed by atoms with Gasteiger partial charge in [0.05, 0.1) is 6.26 Å². The summed E-state index contributed by atoms with van der Waals surface area (Å²) in [5.74, 6) is 0.375. The second kappa shape index (κ2) is 6.04. The third-order valence-electron chi connectivity index (χ3n) is 0.659. The highest BCUT2D eigenvalue weighted by atomic mass is 16.3. The minimum atomic E-state index is 0.250. The third kappa shape index (κ3) is 3.86. The summed E-state index contributed by atoms with van der Waals surface area (Å²) in [7, 11) is 0. The lowest BCUT2D eigenvalue weighted by Gasteiger charge is -1.68. The van der Waals surface area contributed by atoms with Gasteiger partial charge in [-0.25, -0.2) is 0 Å². The van der Waals surface area contributed by atoms with Gasteiger partial charge in [0.15, 0.2) is 12.0 Å². The Bertz CT molecular complexity index is 155. The van der Waals surface area contributed by atoms with E-state index in [4.69, 9.17) is 5.11 Å². The van der Waals surface area contributed by atoms with E-state index < -0.39 is 0 Å². The van der Waals surface area contributed by atoms with Crippen molar-refractivity contribution < 1.29 is 14.3 Å². The van der Waals surface area contributed by atoms with Crippen LogP contribution in [0.3, 0.4) is 0 Å². The fourth-order valence-corrected chi connectivity index (χ4v) is 0.358. The molecule has 0 unspecified atom stereocenters. The number of aldehydes is 1. The van der Waals surface area contributed by atoms with Crippen LogP contribution in [0.15, 0.2) is 22.8 Å². The van der Waals surface area contributed by atoms with E-state index in [0.29, 0.717) is 12.0 Å². The van der Waals surface area contributed by atoms with Crippen molar-refractivity contribution in [3.05, 3.63) is 24.2 Å². The summed E-state index contributed by atoms with van der Waals surface area (Å²) in [4.78, 5) is 9.77. The van der Waals surface area contributed by atoms with Crippen molar-refractivity contribution in [2.75, 3.05) is 6.61 Å². The third-order valence-corrected chi connectivity index (χ3v) is 0.659. The van der Waals surface area contributed by atoms with Gasteiger partial charge in [-0.15, -0.1) is 0 Å². The molecule has 3 heteroatoms. The first kappa shape index (κ1) is 8.91. The number of furan rings is 1. The van der Waals surface area contributed by atoms with Gasteiger partial charge in [0.25, 0.3) is 0 Å². The molecule has 0 aromatic carbocycles. The molecule has 56 valence electrons. The Morgan fingerprint density at radius 2 is 2.40 bits per heavy atom. The molecule has 0 aliphatic rings. The fourth-order valence-electron chi connectivity index (χ4n) is 0.358. The highest BCUT2D eigenvalue weighted by molar-refractivity contribution is 5.69. The molecular formula is C7H10O3. The van der Waals surface area contributed by atoms with Crippen LogP contribution in [0.2, 0.25) is 0 Å². The van der Waals surface area contributed by atoms with E-state index in [1.54, 1.807) is 19.1 Å².